The normalized spacial score (nSPS) is 28.7. The Balaban J connectivity index is 1.30. The van der Waals surface area contributed by atoms with E-state index in [2.05, 4.69) is 35.8 Å². The topological polar surface area (TPSA) is 129 Å². The van der Waals surface area contributed by atoms with E-state index in [0.717, 1.165) is 32.4 Å². The molecule has 2 amide bonds. The zero-order valence-electron chi connectivity index (χ0n) is 16.0. The first-order valence-electron chi connectivity index (χ1n) is 10.2. The van der Waals surface area contributed by atoms with Gasteiger partial charge in [0.25, 0.3) is 0 Å². The maximum atomic E-state index is 13.1. The molecule has 2 aromatic heterocycles. The number of nitrogens with one attached hydrogen (secondary N) is 3. The lowest BCUT2D eigenvalue weighted by molar-refractivity contribution is -0.157. The van der Waals surface area contributed by atoms with Crippen LogP contribution in [0.4, 0.5) is 0 Å². The molecule has 10 heteroatoms. The maximum absolute atomic E-state index is 13.1. The van der Waals surface area contributed by atoms with Gasteiger partial charge in [-0.25, -0.2) is 9.97 Å². The predicted molar refractivity (Wildman–Crippen MR) is 102 cm³/mol. The lowest BCUT2D eigenvalue weighted by Gasteiger charge is -2.53. The molecule has 3 aliphatic rings. The van der Waals surface area contributed by atoms with Crippen molar-refractivity contribution in [2.45, 2.75) is 44.3 Å². The summed E-state index contributed by atoms with van der Waals surface area (Å²) in [5.41, 5.74) is 0.565. The molecule has 0 aliphatic carbocycles. The van der Waals surface area contributed by atoms with Crippen LogP contribution < -0.4 is 10.6 Å². The van der Waals surface area contributed by atoms with Gasteiger partial charge in [-0.1, -0.05) is 0 Å². The molecule has 5 rings (SSSR count). The number of hydrogen-bond donors (Lipinski definition) is 3. The molecule has 2 aromatic rings. The third-order valence-electron chi connectivity index (χ3n) is 6.27. The van der Waals surface area contributed by atoms with Gasteiger partial charge in [-0.05, 0) is 31.7 Å². The fourth-order valence-corrected chi connectivity index (χ4v) is 5.03. The number of H-pyrrole nitrogens is 1. The van der Waals surface area contributed by atoms with E-state index in [9.17, 15) is 9.59 Å². The van der Waals surface area contributed by atoms with Crippen LogP contribution in [0.25, 0.3) is 11.5 Å². The van der Waals surface area contributed by atoms with E-state index in [-0.39, 0.29) is 30.3 Å². The summed E-state index contributed by atoms with van der Waals surface area (Å²) in [7, 11) is 0. The molecule has 4 atom stereocenters. The predicted octanol–water partition coefficient (Wildman–Crippen LogP) is -0.133. The van der Waals surface area contributed by atoms with E-state index >= 15 is 0 Å². The number of hydrogen-bond acceptors (Lipinski definition) is 7. The number of rotatable bonds is 4. The van der Waals surface area contributed by atoms with Gasteiger partial charge in [0.2, 0.25) is 17.6 Å². The first-order chi connectivity index (χ1) is 14.2. The van der Waals surface area contributed by atoms with E-state index in [1.807, 2.05) is 4.90 Å². The second-order valence-electron chi connectivity index (χ2n) is 8.03. The van der Waals surface area contributed by atoms with Crippen LogP contribution >= 0.6 is 0 Å². The third kappa shape index (κ3) is 3.37. The lowest BCUT2D eigenvalue weighted by Crippen LogP contribution is -2.67. The van der Waals surface area contributed by atoms with Crippen molar-refractivity contribution in [3.8, 4) is 11.5 Å². The molecule has 3 saturated heterocycles. The molecule has 3 aliphatic heterocycles. The standard InChI is InChI=1S/C19H24N8O2/c28-16-3-1-2-14-11-6-12(8-21-7-11)17(27(14)16)19(29)23-10-15-24-18(26-25-15)13-9-20-4-5-22-13/h4-5,9,11-12,14,17,21H,1-3,6-8,10H2,(H,23,29)(H,24,25,26)/t11-,12+,14+,17-/m1/s1. The van der Waals surface area contributed by atoms with Crippen LogP contribution in [0.2, 0.25) is 0 Å². The Morgan fingerprint density at radius 2 is 2.17 bits per heavy atom. The van der Waals surface area contributed by atoms with Gasteiger partial charge in [0.1, 0.15) is 17.6 Å². The van der Waals surface area contributed by atoms with Crippen LogP contribution in [0.3, 0.4) is 0 Å². The van der Waals surface area contributed by atoms with Gasteiger partial charge in [-0.15, -0.1) is 0 Å². The second kappa shape index (κ2) is 7.51. The fraction of sp³-hybridized carbons (Fsp3) is 0.579. The minimum atomic E-state index is -0.417. The van der Waals surface area contributed by atoms with E-state index in [4.69, 9.17) is 0 Å². The molecule has 0 saturated carbocycles. The smallest absolute Gasteiger partial charge is 0.243 e. The van der Waals surface area contributed by atoms with E-state index in [1.54, 1.807) is 18.6 Å². The van der Waals surface area contributed by atoms with Crippen LogP contribution in [0.1, 0.15) is 31.5 Å². The Kier molecular flexibility index (Phi) is 4.70. The monoisotopic (exact) mass is 396 g/mol. The zero-order chi connectivity index (χ0) is 19.8. The Bertz CT molecular complexity index is 901. The minimum Gasteiger partial charge on any atom is -0.347 e. The Hall–Kier alpha value is -2.88. The van der Waals surface area contributed by atoms with Crippen LogP contribution in [0.5, 0.6) is 0 Å². The van der Waals surface area contributed by atoms with Crippen LogP contribution in [0.15, 0.2) is 18.6 Å². The molecule has 0 unspecified atom stereocenters. The number of nitrogens with zero attached hydrogens (tertiary/aromatic N) is 5. The molecule has 152 valence electrons. The summed E-state index contributed by atoms with van der Waals surface area (Å²) in [6.45, 7) is 1.92. The number of aromatic amines is 1. The number of carbonyl (C=O) groups is 2. The molecular formula is C19H24N8O2. The fourth-order valence-electron chi connectivity index (χ4n) is 5.03. The number of piperidine rings is 3. The van der Waals surface area contributed by atoms with Crippen molar-refractivity contribution < 1.29 is 9.59 Å². The van der Waals surface area contributed by atoms with Crippen molar-refractivity contribution >= 4 is 11.8 Å². The zero-order valence-corrected chi connectivity index (χ0v) is 16.0. The molecule has 0 radical (unpaired) electrons. The Morgan fingerprint density at radius 1 is 1.28 bits per heavy atom. The average Bonchev–Trinajstić information content (AvgIpc) is 3.23. The van der Waals surface area contributed by atoms with Gasteiger partial charge in [0, 0.05) is 37.3 Å². The molecular weight excluding hydrogens is 372 g/mol. The van der Waals surface area contributed by atoms with Crippen molar-refractivity contribution in [3.05, 3.63) is 24.4 Å². The highest BCUT2D eigenvalue weighted by molar-refractivity contribution is 5.89. The van der Waals surface area contributed by atoms with Crippen molar-refractivity contribution in [2.75, 3.05) is 13.1 Å². The van der Waals surface area contributed by atoms with Gasteiger partial charge in [0.15, 0.2) is 0 Å². The van der Waals surface area contributed by atoms with Crippen LogP contribution in [-0.2, 0) is 16.1 Å². The summed E-state index contributed by atoms with van der Waals surface area (Å²) in [5, 5.41) is 13.4. The summed E-state index contributed by atoms with van der Waals surface area (Å²) >= 11 is 0. The quantitative estimate of drug-likeness (QED) is 0.656. The number of carbonyl (C=O) groups excluding carboxylic acids is 2. The molecule has 0 aromatic carbocycles. The molecule has 0 spiro atoms. The average molecular weight is 396 g/mol. The van der Waals surface area contributed by atoms with E-state index < -0.39 is 6.04 Å². The van der Waals surface area contributed by atoms with Gasteiger partial charge in [-0.2, -0.15) is 5.10 Å². The maximum Gasteiger partial charge on any atom is 0.243 e. The van der Waals surface area contributed by atoms with Gasteiger partial charge >= 0.3 is 0 Å². The highest BCUT2D eigenvalue weighted by atomic mass is 16.2. The van der Waals surface area contributed by atoms with E-state index in [0.29, 0.717) is 29.7 Å². The molecule has 10 nitrogen and oxygen atoms in total. The first kappa shape index (κ1) is 18.2. The molecule has 3 fully saturated rings. The van der Waals surface area contributed by atoms with Crippen molar-refractivity contribution in [1.82, 2.24) is 40.7 Å². The summed E-state index contributed by atoms with van der Waals surface area (Å²) < 4.78 is 0. The van der Waals surface area contributed by atoms with E-state index in [1.165, 1.54) is 0 Å². The summed E-state index contributed by atoms with van der Waals surface area (Å²) in [4.78, 5) is 40.3. The van der Waals surface area contributed by atoms with Crippen molar-refractivity contribution in [1.29, 1.82) is 0 Å². The van der Waals surface area contributed by atoms with Crippen molar-refractivity contribution in [2.24, 2.45) is 11.8 Å². The summed E-state index contributed by atoms with van der Waals surface area (Å²) in [6, 6.07) is -0.246. The van der Waals surface area contributed by atoms with Gasteiger partial charge in [-0.3, -0.25) is 19.7 Å². The molecule has 5 heterocycles. The number of fused-ring (bicyclic) bond motifs is 4. The highest BCUT2D eigenvalue weighted by Crippen LogP contribution is 2.39. The third-order valence-corrected chi connectivity index (χ3v) is 6.27. The minimum absolute atomic E-state index is 0.114. The molecule has 29 heavy (non-hydrogen) atoms. The number of amides is 2. The largest absolute Gasteiger partial charge is 0.347 e. The number of aromatic nitrogens is 5. The van der Waals surface area contributed by atoms with Gasteiger partial charge < -0.3 is 15.5 Å². The molecule has 2 bridgehead atoms. The van der Waals surface area contributed by atoms with Crippen molar-refractivity contribution in [3.63, 3.8) is 0 Å². The van der Waals surface area contributed by atoms with Crippen LogP contribution in [0, 0.1) is 11.8 Å². The van der Waals surface area contributed by atoms with Crippen LogP contribution in [-0.4, -0.2) is 67.0 Å². The summed E-state index contributed by atoms with van der Waals surface area (Å²) in [5.74, 6) is 1.57. The Morgan fingerprint density at radius 3 is 3.03 bits per heavy atom. The first-order valence-corrected chi connectivity index (χ1v) is 10.2. The highest BCUT2D eigenvalue weighted by Gasteiger charge is 2.50. The SMILES string of the molecule is O=C(NCc1nc(-c2cnccn2)n[nH]1)[C@H]1[C@@H]2CNC[C@@H](C2)[C@@H]2CCCC(=O)N21. The second-order valence-corrected chi connectivity index (χ2v) is 8.03. The Labute approximate surface area is 167 Å². The van der Waals surface area contributed by atoms with Gasteiger partial charge in [0.05, 0.1) is 12.7 Å². The summed E-state index contributed by atoms with van der Waals surface area (Å²) in [6.07, 6.45) is 8.18. The molecule has 3 N–H and O–H groups in total. The lowest BCUT2D eigenvalue weighted by atomic mass is 9.72.